The molecule has 0 aliphatic rings. The van der Waals surface area contributed by atoms with E-state index in [0.29, 0.717) is 58.5 Å². The summed E-state index contributed by atoms with van der Waals surface area (Å²) in [6, 6.07) is 0. The predicted octanol–water partition coefficient (Wildman–Crippen LogP) is 10.5. The van der Waals surface area contributed by atoms with Crippen LogP contribution in [0.5, 0.6) is 0 Å². The fraction of sp³-hybridized carbons (Fsp3) is 0.950. The molecule has 2 atom stereocenters. The molecule has 0 bridgehead atoms. The molecule has 0 aromatic carbocycles. The molecule has 50 heavy (non-hydrogen) atoms. The Bertz CT molecular complexity index is 730. The van der Waals surface area contributed by atoms with Gasteiger partial charge >= 0.3 is 12.1 Å². The molecule has 0 saturated carbocycles. The average Bonchev–Trinajstić information content (AvgIpc) is 3.10. The van der Waals surface area contributed by atoms with E-state index < -0.39 is 12.3 Å². The van der Waals surface area contributed by atoms with E-state index in [9.17, 15) is 24.4 Å². The van der Waals surface area contributed by atoms with Gasteiger partial charge in [0.25, 0.3) is 0 Å². The number of aliphatic hydroxyl groups is 2. The Labute approximate surface area is 311 Å². The number of carbonyl (C=O) groups excluding carboxylic acids is 2. The Balaban J connectivity index is 4.44. The van der Waals surface area contributed by atoms with Crippen molar-refractivity contribution in [2.24, 2.45) is 0 Å². The highest BCUT2D eigenvalue weighted by atomic mass is 32.2. The number of aliphatic hydroxyl groups excluding tert-OH is 2. The largest absolute Gasteiger partial charge is 0.508 e. The number of esters is 1. The second kappa shape index (κ2) is 37.7. The summed E-state index contributed by atoms with van der Waals surface area (Å²) in [6.45, 7) is 9.17. The molecule has 0 aliphatic carbocycles. The first-order valence-corrected chi connectivity index (χ1v) is 21.5. The zero-order valence-corrected chi connectivity index (χ0v) is 33.4. The fourth-order valence-corrected chi connectivity index (χ4v) is 6.76. The van der Waals surface area contributed by atoms with Crippen molar-refractivity contribution in [3.63, 3.8) is 0 Å². The molecule has 0 heterocycles. The van der Waals surface area contributed by atoms with E-state index >= 15 is 0 Å². The quantitative estimate of drug-likeness (QED) is 0.0321. The molecule has 0 saturated heterocycles. The Hall–Kier alpha value is -1.07. The Morgan fingerprint density at radius 1 is 0.620 bits per heavy atom. The van der Waals surface area contributed by atoms with Gasteiger partial charge in [-0.1, -0.05) is 111 Å². The van der Waals surface area contributed by atoms with Crippen molar-refractivity contribution in [3.8, 4) is 0 Å². The third-order valence-corrected chi connectivity index (χ3v) is 9.99. The van der Waals surface area contributed by atoms with Crippen LogP contribution in [0.1, 0.15) is 188 Å². The molecule has 0 aromatic heterocycles. The maximum atomic E-state index is 12.5. The molecule has 9 nitrogen and oxygen atoms in total. The van der Waals surface area contributed by atoms with Gasteiger partial charge in [-0.15, -0.1) is 0 Å². The van der Waals surface area contributed by atoms with Gasteiger partial charge in [-0.05, 0) is 82.7 Å². The van der Waals surface area contributed by atoms with Gasteiger partial charge in [-0.25, -0.2) is 4.79 Å². The molecule has 0 aliphatic heterocycles. The number of ether oxygens (including phenoxy) is 3. The van der Waals surface area contributed by atoms with Crippen LogP contribution in [-0.2, 0) is 19.0 Å². The topological polar surface area (TPSA) is 126 Å². The van der Waals surface area contributed by atoms with Crippen LogP contribution in [0.3, 0.4) is 0 Å². The van der Waals surface area contributed by atoms with Crippen LogP contribution < -0.4 is 0 Å². The van der Waals surface area contributed by atoms with Crippen LogP contribution in [0.25, 0.3) is 0 Å². The molecule has 0 amide bonds. The van der Waals surface area contributed by atoms with Gasteiger partial charge in [0.1, 0.15) is 6.10 Å². The summed E-state index contributed by atoms with van der Waals surface area (Å²) >= 11 is 0.832. The zero-order valence-electron chi connectivity index (χ0n) is 32.6. The van der Waals surface area contributed by atoms with Gasteiger partial charge in [0.15, 0.2) is 0 Å². The van der Waals surface area contributed by atoms with E-state index in [2.05, 4.69) is 25.7 Å². The van der Waals surface area contributed by atoms with Gasteiger partial charge in [0.05, 0.1) is 19.3 Å². The second-order valence-electron chi connectivity index (χ2n) is 14.2. The molecule has 10 heteroatoms. The minimum atomic E-state index is -0.563. The number of unbranched alkanes of at least 4 members (excludes halogenated alkanes) is 15. The lowest BCUT2D eigenvalue weighted by Gasteiger charge is -2.28. The van der Waals surface area contributed by atoms with Crippen molar-refractivity contribution >= 4 is 24.2 Å². The average molecular weight is 734 g/mol. The van der Waals surface area contributed by atoms with E-state index in [-0.39, 0.29) is 23.9 Å². The van der Waals surface area contributed by atoms with Crippen molar-refractivity contribution in [3.05, 3.63) is 0 Å². The summed E-state index contributed by atoms with van der Waals surface area (Å²) in [7, 11) is 0. The van der Waals surface area contributed by atoms with E-state index in [1.54, 1.807) is 0 Å². The number of nitrogens with zero attached hydrogens (tertiary/aromatic N) is 1. The van der Waals surface area contributed by atoms with E-state index in [0.717, 1.165) is 89.1 Å². The molecule has 0 rings (SSSR count). The standard InChI is InChI=1S/C40H79NO8S/c1-4-7-10-12-14-18-26-37(27-19-15-13-11-8-5-2)49-40(45)48-33-23-21-28-38(50-46)35-41(30-24-31-42)34-36(43)25-17-16-20-29-39(44)47-32-22-9-6-3/h36-38,42-43,46H,4-35H2,1-3H3. The normalized spacial score (nSPS) is 12.8. The lowest BCUT2D eigenvalue weighted by molar-refractivity contribution is -0.143. The third-order valence-electron chi connectivity index (χ3n) is 9.30. The molecular weight excluding hydrogens is 655 g/mol. The minimum Gasteiger partial charge on any atom is -0.466 e. The van der Waals surface area contributed by atoms with Crippen molar-refractivity contribution in [1.82, 2.24) is 4.90 Å². The molecule has 298 valence electrons. The number of rotatable bonds is 38. The molecule has 3 N–H and O–H groups in total. The van der Waals surface area contributed by atoms with Crippen LogP contribution >= 0.6 is 12.0 Å². The van der Waals surface area contributed by atoms with Gasteiger partial charge in [0.2, 0.25) is 0 Å². The number of carbonyl (C=O) groups is 2. The first-order valence-electron chi connectivity index (χ1n) is 20.7. The van der Waals surface area contributed by atoms with Gasteiger partial charge in [0, 0.05) is 37.9 Å². The lowest BCUT2D eigenvalue weighted by Crippen LogP contribution is -2.38. The SMILES string of the molecule is CCCCCCCCC(CCCCCCCC)OC(=O)OCCCCC(CN(CCCO)CC(O)CCCCCC(=O)OCCCCC)SO. The first kappa shape index (κ1) is 48.9. The highest BCUT2D eigenvalue weighted by Gasteiger charge is 2.19. The van der Waals surface area contributed by atoms with Gasteiger partial charge in [-0.3, -0.25) is 9.69 Å². The summed E-state index contributed by atoms with van der Waals surface area (Å²) in [5.41, 5.74) is 0. The first-order chi connectivity index (χ1) is 24.4. The molecule has 2 unspecified atom stereocenters. The minimum absolute atomic E-state index is 0.0461. The molecular formula is C40H79NO8S. The summed E-state index contributed by atoms with van der Waals surface area (Å²) in [4.78, 5) is 26.5. The monoisotopic (exact) mass is 734 g/mol. The third kappa shape index (κ3) is 32.8. The molecule has 0 radical (unpaired) electrons. The second-order valence-corrected chi connectivity index (χ2v) is 15.1. The van der Waals surface area contributed by atoms with Crippen LogP contribution in [-0.4, -0.2) is 88.7 Å². The van der Waals surface area contributed by atoms with Gasteiger partial charge < -0.3 is 29.0 Å². The Kier molecular flexibility index (Phi) is 36.9. The van der Waals surface area contributed by atoms with Crippen LogP contribution in [0.2, 0.25) is 0 Å². The van der Waals surface area contributed by atoms with E-state index in [1.165, 1.54) is 64.2 Å². The fourth-order valence-electron chi connectivity index (χ4n) is 6.21. The Morgan fingerprint density at radius 3 is 1.76 bits per heavy atom. The van der Waals surface area contributed by atoms with Crippen molar-refractivity contribution in [2.45, 2.75) is 205 Å². The van der Waals surface area contributed by atoms with Crippen LogP contribution in [0.4, 0.5) is 4.79 Å². The molecule has 0 fully saturated rings. The highest BCUT2D eigenvalue weighted by molar-refractivity contribution is 7.94. The zero-order chi connectivity index (χ0) is 36.9. The molecule has 0 aromatic rings. The maximum Gasteiger partial charge on any atom is 0.508 e. The van der Waals surface area contributed by atoms with Gasteiger partial charge in [-0.2, -0.15) is 0 Å². The van der Waals surface area contributed by atoms with Crippen LogP contribution in [0.15, 0.2) is 0 Å². The van der Waals surface area contributed by atoms with Crippen molar-refractivity contribution < 1.29 is 38.6 Å². The Morgan fingerprint density at radius 2 is 1.14 bits per heavy atom. The van der Waals surface area contributed by atoms with E-state index in [1.807, 2.05) is 0 Å². The number of hydrogen-bond acceptors (Lipinski definition) is 10. The predicted molar refractivity (Wildman–Crippen MR) is 208 cm³/mol. The summed E-state index contributed by atoms with van der Waals surface area (Å²) in [5, 5.41) is 20.0. The summed E-state index contributed by atoms with van der Waals surface area (Å²) in [6.07, 6.45) is 24.8. The molecule has 0 spiro atoms. The summed E-state index contributed by atoms with van der Waals surface area (Å²) < 4.78 is 26.5. The van der Waals surface area contributed by atoms with Crippen molar-refractivity contribution in [2.75, 3.05) is 39.5 Å². The van der Waals surface area contributed by atoms with Crippen molar-refractivity contribution in [1.29, 1.82) is 0 Å². The lowest BCUT2D eigenvalue weighted by atomic mass is 10.0. The maximum absolute atomic E-state index is 12.5. The highest BCUT2D eigenvalue weighted by Crippen LogP contribution is 2.19. The van der Waals surface area contributed by atoms with E-state index in [4.69, 9.17) is 14.2 Å². The van der Waals surface area contributed by atoms with Crippen LogP contribution in [0, 0.1) is 0 Å². The number of hydrogen-bond donors (Lipinski definition) is 3. The summed E-state index contributed by atoms with van der Waals surface area (Å²) in [5.74, 6) is -0.137. The smallest absolute Gasteiger partial charge is 0.466 e.